The minimum absolute atomic E-state index is 0.0376. The number of carbonyl (C=O) groups is 1. The van der Waals surface area contributed by atoms with Crippen molar-refractivity contribution in [2.75, 3.05) is 13.2 Å². The number of aliphatic hydroxyl groups excluding tert-OH is 1. The highest BCUT2D eigenvalue weighted by molar-refractivity contribution is 8.00. The number of aliphatic hydroxyl groups is 1. The van der Waals surface area contributed by atoms with Gasteiger partial charge in [0.25, 0.3) is 5.91 Å². The number of nitrogens with zero attached hydrogens (tertiary/aromatic N) is 1. The van der Waals surface area contributed by atoms with Gasteiger partial charge in [0.1, 0.15) is 5.03 Å². The number of halogens is 3. The van der Waals surface area contributed by atoms with E-state index in [4.69, 9.17) is 5.11 Å². The zero-order valence-electron chi connectivity index (χ0n) is 12.4. The van der Waals surface area contributed by atoms with Crippen molar-refractivity contribution in [2.45, 2.75) is 37.2 Å². The minimum atomic E-state index is -4.49. The average molecular weight is 336 g/mol. The summed E-state index contributed by atoms with van der Waals surface area (Å²) in [5, 5.41) is 11.3. The first-order valence-electron chi connectivity index (χ1n) is 6.74. The Kier molecular flexibility index (Phi) is 6.67. The lowest BCUT2D eigenvalue weighted by atomic mass is 9.89. The van der Waals surface area contributed by atoms with Gasteiger partial charge in [-0.25, -0.2) is 4.98 Å². The van der Waals surface area contributed by atoms with Gasteiger partial charge in [-0.3, -0.25) is 4.79 Å². The number of rotatable bonds is 7. The van der Waals surface area contributed by atoms with Crippen LogP contribution in [0.5, 0.6) is 0 Å². The fraction of sp³-hybridized carbons (Fsp3) is 0.571. The second kappa shape index (κ2) is 7.82. The molecule has 0 saturated heterocycles. The standard InChI is InChI=1S/C14H19F3N2O2S/c1-13(2,9-20)6-4-8-18-11(21)10-5-3-7-19-12(10)22-14(15,16)17/h3,5,7,20H,4,6,8-9H2,1-2H3,(H,18,21). The molecule has 1 aromatic rings. The fourth-order valence-corrected chi connectivity index (χ4v) is 2.30. The van der Waals surface area contributed by atoms with E-state index in [1.54, 1.807) is 0 Å². The van der Waals surface area contributed by atoms with E-state index < -0.39 is 23.2 Å². The Balaban J connectivity index is 2.59. The molecule has 0 bridgehead atoms. The monoisotopic (exact) mass is 336 g/mol. The zero-order chi connectivity index (χ0) is 16.8. The summed E-state index contributed by atoms with van der Waals surface area (Å²) in [7, 11) is 0. The number of thioether (sulfide) groups is 1. The number of hydrogen-bond acceptors (Lipinski definition) is 4. The van der Waals surface area contributed by atoms with Gasteiger partial charge in [0.05, 0.1) is 5.56 Å². The van der Waals surface area contributed by atoms with Crippen molar-refractivity contribution in [3.05, 3.63) is 23.9 Å². The Morgan fingerprint density at radius 2 is 2.09 bits per heavy atom. The Hall–Kier alpha value is -1.28. The summed E-state index contributed by atoms with van der Waals surface area (Å²) in [5.41, 5.74) is -4.82. The van der Waals surface area contributed by atoms with Crippen molar-refractivity contribution in [2.24, 2.45) is 5.41 Å². The average Bonchev–Trinajstić information content (AvgIpc) is 2.42. The molecule has 0 aliphatic heterocycles. The number of amides is 1. The van der Waals surface area contributed by atoms with Crippen molar-refractivity contribution >= 4 is 17.7 Å². The van der Waals surface area contributed by atoms with Gasteiger partial charge in [0, 0.05) is 31.1 Å². The van der Waals surface area contributed by atoms with Crippen LogP contribution in [0.3, 0.4) is 0 Å². The summed E-state index contributed by atoms with van der Waals surface area (Å²) in [4.78, 5) is 15.6. The first kappa shape index (κ1) is 18.8. The van der Waals surface area contributed by atoms with Gasteiger partial charge < -0.3 is 10.4 Å². The molecule has 0 unspecified atom stereocenters. The lowest BCUT2D eigenvalue weighted by molar-refractivity contribution is -0.0329. The molecule has 0 saturated carbocycles. The van der Waals surface area contributed by atoms with E-state index >= 15 is 0 Å². The SMILES string of the molecule is CC(C)(CO)CCCNC(=O)c1cccnc1SC(F)(F)F. The summed E-state index contributed by atoms with van der Waals surface area (Å²) < 4.78 is 37.3. The molecule has 0 aliphatic carbocycles. The van der Waals surface area contributed by atoms with Crippen molar-refractivity contribution in [1.29, 1.82) is 0 Å². The third-order valence-corrected chi connectivity index (χ3v) is 3.72. The molecule has 1 rings (SSSR count). The molecule has 2 N–H and O–H groups in total. The van der Waals surface area contributed by atoms with Gasteiger partial charge in [0.15, 0.2) is 0 Å². The smallest absolute Gasteiger partial charge is 0.396 e. The lowest BCUT2D eigenvalue weighted by Gasteiger charge is -2.21. The molecular formula is C14H19F3N2O2S. The second-order valence-electron chi connectivity index (χ2n) is 5.59. The van der Waals surface area contributed by atoms with Crippen molar-refractivity contribution in [3.63, 3.8) is 0 Å². The fourth-order valence-electron chi connectivity index (χ4n) is 1.70. The molecule has 0 spiro atoms. The van der Waals surface area contributed by atoms with Gasteiger partial charge in [-0.1, -0.05) is 13.8 Å². The van der Waals surface area contributed by atoms with Crippen molar-refractivity contribution in [1.82, 2.24) is 10.3 Å². The number of hydrogen-bond donors (Lipinski definition) is 2. The summed E-state index contributed by atoms with van der Waals surface area (Å²) >= 11 is -0.402. The number of carbonyl (C=O) groups excluding carboxylic acids is 1. The van der Waals surface area contributed by atoms with E-state index in [2.05, 4.69) is 10.3 Å². The largest absolute Gasteiger partial charge is 0.447 e. The summed E-state index contributed by atoms with van der Waals surface area (Å²) in [6.07, 6.45) is 2.54. The summed E-state index contributed by atoms with van der Waals surface area (Å²) in [6.45, 7) is 4.16. The van der Waals surface area contributed by atoms with Crippen LogP contribution in [0.1, 0.15) is 37.0 Å². The molecule has 4 nitrogen and oxygen atoms in total. The van der Waals surface area contributed by atoms with E-state index in [1.165, 1.54) is 18.3 Å². The third-order valence-electron chi connectivity index (χ3n) is 2.97. The van der Waals surface area contributed by atoms with E-state index in [9.17, 15) is 18.0 Å². The molecule has 0 fully saturated rings. The predicted molar refractivity (Wildman–Crippen MR) is 78.6 cm³/mol. The maximum atomic E-state index is 12.4. The maximum Gasteiger partial charge on any atom is 0.447 e. The Morgan fingerprint density at radius 1 is 1.41 bits per heavy atom. The van der Waals surface area contributed by atoms with E-state index in [0.29, 0.717) is 19.4 Å². The molecule has 8 heteroatoms. The molecule has 1 aromatic heterocycles. The van der Waals surface area contributed by atoms with Crippen LogP contribution < -0.4 is 5.32 Å². The molecule has 0 aromatic carbocycles. The quantitative estimate of drug-likeness (QED) is 0.593. The molecule has 0 aliphatic rings. The first-order valence-corrected chi connectivity index (χ1v) is 7.56. The van der Waals surface area contributed by atoms with Crippen molar-refractivity contribution < 1.29 is 23.1 Å². The molecular weight excluding hydrogens is 317 g/mol. The number of pyridine rings is 1. The highest BCUT2D eigenvalue weighted by Crippen LogP contribution is 2.37. The van der Waals surface area contributed by atoms with Crippen molar-refractivity contribution in [3.8, 4) is 0 Å². The molecule has 0 atom stereocenters. The van der Waals surface area contributed by atoms with E-state index in [-0.39, 0.29) is 22.6 Å². The first-order chi connectivity index (χ1) is 10.1. The third kappa shape index (κ3) is 6.65. The van der Waals surface area contributed by atoms with Crippen LogP contribution in [-0.4, -0.2) is 34.7 Å². The predicted octanol–water partition coefficient (Wildman–Crippen LogP) is 3.22. The van der Waals surface area contributed by atoms with Gasteiger partial charge in [-0.2, -0.15) is 13.2 Å². The molecule has 1 amide bonds. The maximum absolute atomic E-state index is 12.4. The Morgan fingerprint density at radius 3 is 2.68 bits per heavy atom. The summed E-state index contributed by atoms with van der Waals surface area (Å²) in [6, 6.07) is 2.73. The van der Waals surface area contributed by atoms with Crippen LogP contribution in [0.25, 0.3) is 0 Å². The molecule has 22 heavy (non-hydrogen) atoms. The van der Waals surface area contributed by atoms with E-state index in [1.807, 2.05) is 13.8 Å². The zero-order valence-corrected chi connectivity index (χ0v) is 13.2. The van der Waals surface area contributed by atoms with Crippen LogP contribution >= 0.6 is 11.8 Å². The summed E-state index contributed by atoms with van der Waals surface area (Å²) in [5.74, 6) is -0.582. The van der Waals surface area contributed by atoms with E-state index in [0.717, 1.165) is 0 Å². The van der Waals surface area contributed by atoms with Gasteiger partial charge in [-0.05, 0) is 30.4 Å². The van der Waals surface area contributed by atoms with Gasteiger partial charge >= 0.3 is 5.51 Å². The molecule has 0 radical (unpaired) electrons. The minimum Gasteiger partial charge on any atom is -0.396 e. The number of nitrogens with one attached hydrogen (secondary N) is 1. The van der Waals surface area contributed by atoms with Crippen LogP contribution in [0.15, 0.2) is 23.4 Å². The van der Waals surface area contributed by atoms with Crippen LogP contribution in [0.2, 0.25) is 0 Å². The van der Waals surface area contributed by atoms with Crippen LogP contribution in [0.4, 0.5) is 13.2 Å². The lowest BCUT2D eigenvalue weighted by Crippen LogP contribution is -2.27. The normalized spacial score (nSPS) is 12.3. The Labute approximate surface area is 131 Å². The van der Waals surface area contributed by atoms with Gasteiger partial charge in [-0.15, -0.1) is 0 Å². The number of alkyl halides is 3. The molecule has 1 heterocycles. The Bertz CT molecular complexity index is 507. The topological polar surface area (TPSA) is 62.2 Å². The van der Waals surface area contributed by atoms with Crippen LogP contribution in [-0.2, 0) is 0 Å². The van der Waals surface area contributed by atoms with Crippen LogP contribution in [0, 0.1) is 5.41 Å². The molecule has 124 valence electrons. The second-order valence-corrected chi connectivity index (χ2v) is 6.64. The van der Waals surface area contributed by atoms with Gasteiger partial charge in [0.2, 0.25) is 0 Å². The highest BCUT2D eigenvalue weighted by atomic mass is 32.2. The highest BCUT2D eigenvalue weighted by Gasteiger charge is 2.32. The number of aromatic nitrogens is 1.